The Labute approximate surface area is 65.2 Å². The molecule has 0 radical (unpaired) electrons. The topological polar surface area (TPSA) is 32.6 Å². The molecule has 0 saturated heterocycles. The van der Waals surface area contributed by atoms with E-state index in [4.69, 9.17) is 5.11 Å². The van der Waals surface area contributed by atoms with Crippen LogP contribution in [-0.4, -0.2) is 17.9 Å². The first kappa shape index (κ1) is 6.55. The predicted molar refractivity (Wildman–Crippen MR) is 44.5 cm³/mol. The lowest BCUT2D eigenvalue weighted by Gasteiger charge is -1.87. The van der Waals surface area contributed by atoms with E-state index in [1.165, 1.54) is 17.3 Å². The SMILES string of the molecule is OCC=Nc1ccc2c(c1)C2. The fourth-order valence-corrected chi connectivity index (χ4v) is 1.11. The van der Waals surface area contributed by atoms with Gasteiger partial charge < -0.3 is 5.11 Å². The van der Waals surface area contributed by atoms with Gasteiger partial charge >= 0.3 is 0 Å². The maximum atomic E-state index is 8.46. The number of nitrogens with zero attached hydrogens (tertiary/aromatic N) is 1. The fraction of sp³-hybridized carbons (Fsp3) is 0.222. The zero-order chi connectivity index (χ0) is 7.68. The van der Waals surface area contributed by atoms with E-state index in [2.05, 4.69) is 17.1 Å². The van der Waals surface area contributed by atoms with E-state index in [1.54, 1.807) is 0 Å². The summed E-state index contributed by atoms with van der Waals surface area (Å²) in [4.78, 5) is 4.04. The summed E-state index contributed by atoms with van der Waals surface area (Å²) in [6, 6.07) is 6.11. The third-order valence-corrected chi connectivity index (χ3v) is 1.77. The summed E-state index contributed by atoms with van der Waals surface area (Å²) in [5.74, 6) is 0. The summed E-state index contributed by atoms with van der Waals surface area (Å²) in [5, 5.41) is 8.46. The monoisotopic (exact) mass is 147 g/mol. The van der Waals surface area contributed by atoms with Crippen molar-refractivity contribution in [2.45, 2.75) is 6.42 Å². The van der Waals surface area contributed by atoms with Crippen molar-refractivity contribution in [1.82, 2.24) is 0 Å². The average molecular weight is 147 g/mol. The second kappa shape index (κ2) is 2.47. The van der Waals surface area contributed by atoms with Gasteiger partial charge in [0.15, 0.2) is 0 Å². The molecule has 2 heteroatoms. The van der Waals surface area contributed by atoms with Gasteiger partial charge in [-0.3, -0.25) is 4.99 Å². The minimum atomic E-state index is 0.0110. The molecule has 0 fully saturated rings. The Balaban J connectivity index is 2.21. The summed E-state index contributed by atoms with van der Waals surface area (Å²) in [6.07, 6.45) is 2.62. The molecule has 1 aromatic rings. The van der Waals surface area contributed by atoms with Crippen molar-refractivity contribution in [3.8, 4) is 0 Å². The van der Waals surface area contributed by atoms with Crippen molar-refractivity contribution in [2.75, 3.05) is 6.61 Å². The molecule has 0 aromatic heterocycles. The standard InChI is InChI=1S/C9H9NO/c11-4-3-10-9-2-1-7-5-8(7)6-9/h1-3,6,11H,4-5H2. The molecule has 2 rings (SSSR count). The number of aliphatic hydroxyl groups excluding tert-OH is 1. The van der Waals surface area contributed by atoms with Gasteiger partial charge in [0.25, 0.3) is 0 Å². The Morgan fingerprint density at radius 1 is 1.45 bits per heavy atom. The van der Waals surface area contributed by atoms with E-state index in [9.17, 15) is 0 Å². The van der Waals surface area contributed by atoms with Crippen LogP contribution in [0.3, 0.4) is 0 Å². The highest BCUT2D eigenvalue weighted by atomic mass is 16.2. The summed E-state index contributed by atoms with van der Waals surface area (Å²) < 4.78 is 0. The number of fused-ring (bicyclic) bond motifs is 1. The summed E-state index contributed by atoms with van der Waals surface area (Å²) in [7, 11) is 0. The highest BCUT2D eigenvalue weighted by Crippen LogP contribution is 2.31. The first-order valence-electron chi connectivity index (χ1n) is 3.65. The van der Waals surface area contributed by atoms with Crippen LogP contribution in [0.2, 0.25) is 0 Å². The van der Waals surface area contributed by atoms with Gasteiger partial charge in [-0.2, -0.15) is 0 Å². The smallest absolute Gasteiger partial charge is 0.0784 e. The van der Waals surface area contributed by atoms with Gasteiger partial charge in [0.1, 0.15) is 0 Å². The molecule has 0 aliphatic heterocycles. The molecular formula is C9H9NO. The van der Waals surface area contributed by atoms with Gasteiger partial charge in [-0.15, -0.1) is 0 Å². The normalized spacial score (nSPS) is 13.5. The Hall–Kier alpha value is -1.15. The van der Waals surface area contributed by atoms with Crippen LogP contribution in [0, 0.1) is 0 Å². The van der Waals surface area contributed by atoms with Crippen molar-refractivity contribution in [1.29, 1.82) is 0 Å². The molecule has 1 aliphatic rings. The number of aliphatic hydroxyl groups is 1. The van der Waals surface area contributed by atoms with E-state index in [0.717, 1.165) is 12.1 Å². The quantitative estimate of drug-likeness (QED) is 0.638. The van der Waals surface area contributed by atoms with Crippen molar-refractivity contribution >= 4 is 11.9 Å². The van der Waals surface area contributed by atoms with Crippen LogP contribution in [0.25, 0.3) is 0 Å². The predicted octanol–water partition coefficient (Wildman–Crippen LogP) is 1.29. The van der Waals surface area contributed by atoms with Gasteiger partial charge in [-0.1, -0.05) is 6.07 Å². The molecule has 0 saturated carbocycles. The summed E-state index contributed by atoms with van der Waals surface area (Å²) in [6.45, 7) is 0.0110. The molecule has 1 aromatic carbocycles. The number of aliphatic imine (C=N–C) groups is 1. The zero-order valence-corrected chi connectivity index (χ0v) is 6.12. The Bertz CT molecular complexity index is 304. The van der Waals surface area contributed by atoms with E-state index in [1.807, 2.05) is 6.07 Å². The largest absolute Gasteiger partial charge is 0.391 e. The molecule has 11 heavy (non-hydrogen) atoms. The van der Waals surface area contributed by atoms with Gasteiger partial charge in [0.2, 0.25) is 0 Å². The van der Waals surface area contributed by atoms with Gasteiger partial charge in [0, 0.05) is 6.21 Å². The first-order chi connectivity index (χ1) is 5.40. The molecule has 0 amide bonds. The van der Waals surface area contributed by atoms with E-state index in [-0.39, 0.29) is 6.61 Å². The summed E-state index contributed by atoms with van der Waals surface area (Å²) >= 11 is 0. The van der Waals surface area contributed by atoms with E-state index in [0.29, 0.717) is 0 Å². The molecule has 0 atom stereocenters. The molecule has 0 heterocycles. The maximum Gasteiger partial charge on any atom is 0.0784 e. The molecule has 1 aliphatic carbocycles. The van der Waals surface area contributed by atoms with Crippen LogP contribution in [0.1, 0.15) is 11.1 Å². The average Bonchev–Trinajstić information content (AvgIpc) is 2.78. The van der Waals surface area contributed by atoms with Crippen LogP contribution in [-0.2, 0) is 6.42 Å². The number of rotatable bonds is 2. The third kappa shape index (κ3) is 1.30. The lowest BCUT2D eigenvalue weighted by molar-refractivity contribution is 0.361. The molecular weight excluding hydrogens is 138 g/mol. The first-order valence-corrected chi connectivity index (χ1v) is 3.65. The third-order valence-electron chi connectivity index (χ3n) is 1.77. The van der Waals surface area contributed by atoms with Crippen LogP contribution >= 0.6 is 0 Å². The molecule has 0 spiro atoms. The second-order valence-electron chi connectivity index (χ2n) is 2.62. The molecule has 2 nitrogen and oxygen atoms in total. The number of hydrogen-bond acceptors (Lipinski definition) is 2. The van der Waals surface area contributed by atoms with Crippen LogP contribution in [0.5, 0.6) is 0 Å². The fourth-order valence-electron chi connectivity index (χ4n) is 1.11. The van der Waals surface area contributed by atoms with Crippen molar-refractivity contribution in [3.63, 3.8) is 0 Å². The molecule has 56 valence electrons. The molecule has 0 unspecified atom stereocenters. The van der Waals surface area contributed by atoms with E-state index < -0.39 is 0 Å². The lowest BCUT2D eigenvalue weighted by Crippen LogP contribution is -1.79. The molecule has 1 N–H and O–H groups in total. The second-order valence-corrected chi connectivity index (χ2v) is 2.62. The Kier molecular flexibility index (Phi) is 1.47. The van der Waals surface area contributed by atoms with Crippen LogP contribution < -0.4 is 0 Å². The number of benzene rings is 1. The Morgan fingerprint density at radius 3 is 3.09 bits per heavy atom. The van der Waals surface area contributed by atoms with Crippen molar-refractivity contribution in [2.24, 2.45) is 4.99 Å². The Morgan fingerprint density at radius 2 is 2.36 bits per heavy atom. The highest BCUT2D eigenvalue weighted by molar-refractivity contribution is 5.65. The van der Waals surface area contributed by atoms with Crippen molar-refractivity contribution in [3.05, 3.63) is 29.3 Å². The van der Waals surface area contributed by atoms with Gasteiger partial charge in [0.05, 0.1) is 12.3 Å². The van der Waals surface area contributed by atoms with Gasteiger partial charge in [-0.05, 0) is 29.7 Å². The van der Waals surface area contributed by atoms with Crippen LogP contribution in [0.15, 0.2) is 23.2 Å². The minimum Gasteiger partial charge on any atom is -0.391 e. The lowest BCUT2D eigenvalue weighted by atomic mass is 10.3. The number of hydrogen-bond donors (Lipinski definition) is 1. The van der Waals surface area contributed by atoms with E-state index >= 15 is 0 Å². The molecule has 0 bridgehead atoms. The zero-order valence-electron chi connectivity index (χ0n) is 6.12. The van der Waals surface area contributed by atoms with Crippen LogP contribution in [0.4, 0.5) is 5.69 Å². The summed E-state index contributed by atoms with van der Waals surface area (Å²) in [5.41, 5.74) is 3.75. The maximum absolute atomic E-state index is 8.46. The van der Waals surface area contributed by atoms with Crippen molar-refractivity contribution < 1.29 is 5.11 Å². The highest BCUT2D eigenvalue weighted by Gasteiger charge is 2.15. The van der Waals surface area contributed by atoms with Gasteiger partial charge in [-0.25, -0.2) is 0 Å². The minimum absolute atomic E-state index is 0.0110.